The van der Waals surface area contributed by atoms with Crippen molar-refractivity contribution in [2.24, 2.45) is 0 Å². The molecule has 0 bridgehead atoms. The van der Waals surface area contributed by atoms with Crippen LogP contribution in [0.15, 0.2) is 18.2 Å². The van der Waals surface area contributed by atoms with Crippen molar-refractivity contribution in [3.8, 4) is 0 Å². The summed E-state index contributed by atoms with van der Waals surface area (Å²) in [5.41, 5.74) is 8.83. The van der Waals surface area contributed by atoms with Crippen LogP contribution in [0.25, 0.3) is 0 Å². The third-order valence-corrected chi connectivity index (χ3v) is 2.74. The number of nitrogens with two attached hydrogens (primary N) is 1. The van der Waals surface area contributed by atoms with E-state index in [-0.39, 0.29) is 5.91 Å². The number of rotatable bonds is 1. The highest BCUT2D eigenvalue weighted by Crippen LogP contribution is 2.25. The van der Waals surface area contributed by atoms with Crippen molar-refractivity contribution in [2.45, 2.75) is 19.3 Å². The first-order valence-electron chi connectivity index (χ1n) is 4.79. The van der Waals surface area contributed by atoms with Crippen LogP contribution in [0.5, 0.6) is 0 Å². The highest BCUT2D eigenvalue weighted by atomic mass is 16.1. The van der Waals surface area contributed by atoms with Gasteiger partial charge in [-0.05, 0) is 24.1 Å². The van der Waals surface area contributed by atoms with Crippen molar-refractivity contribution in [1.82, 2.24) is 5.32 Å². The van der Waals surface area contributed by atoms with Gasteiger partial charge in [0, 0.05) is 24.6 Å². The SMILES string of the molecule is Cc1cc([C@H]2CNC(=O)C2)ccc1N. The molecule has 3 nitrogen and oxygen atoms in total. The van der Waals surface area contributed by atoms with Crippen molar-refractivity contribution in [1.29, 1.82) is 0 Å². The summed E-state index contributed by atoms with van der Waals surface area (Å²) in [5.74, 6) is 0.464. The zero-order valence-corrected chi connectivity index (χ0v) is 8.21. The fraction of sp³-hybridized carbons (Fsp3) is 0.364. The molecule has 3 heteroatoms. The number of nitrogens with one attached hydrogen (secondary N) is 1. The Morgan fingerprint density at radius 3 is 2.86 bits per heavy atom. The summed E-state index contributed by atoms with van der Waals surface area (Å²) in [6.07, 6.45) is 0.601. The summed E-state index contributed by atoms with van der Waals surface area (Å²) in [4.78, 5) is 11.0. The molecule has 0 saturated carbocycles. The molecular weight excluding hydrogens is 176 g/mol. The number of carbonyl (C=O) groups excluding carboxylic acids is 1. The standard InChI is InChI=1S/C11H14N2O/c1-7-4-8(2-3-10(7)12)9-5-11(14)13-6-9/h2-4,9H,5-6,12H2,1H3,(H,13,14)/t9-/m1/s1. The van der Waals surface area contributed by atoms with Crippen molar-refractivity contribution >= 4 is 11.6 Å². The lowest BCUT2D eigenvalue weighted by Crippen LogP contribution is -2.13. The van der Waals surface area contributed by atoms with Gasteiger partial charge in [-0.1, -0.05) is 12.1 Å². The first kappa shape index (κ1) is 9.06. The predicted octanol–water partition coefficient (Wildman–Crippen LogP) is 1.18. The zero-order chi connectivity index (χ0) is 10.1. The van der Waals surface area contributed by atoms with E-state index in [1.807, 2.05) is 19.1 Å². The number of amides is 1. The van der Waals surface area contributed by atoms with Crippen LogP contribution >= 0.6 is 0 Å². The Bertz CT molecular complexity index is 374. The predicted molar refractivity (Wildman–Crippen MR) is 56.0 cm³/mol. The number of carbonyl (C=O) groups is 1. The lowest BCUT2D eigenvalue weighted by Gasteiger charge is -2.09. The van der Waals surface area contributed by atoms with Gasteiger partial charge in [0.2, 0.25) is 5.91 Å². The Morgan fingerprint density at radius 1 is 1.50 bits per heavy atom. The van der Waals surface area contributed by atoms with E-state index < -0.39 is 0 Å². The molecule has 1 heterocycles. The second-order valence-electron chi connectivity index (χ2n) is 3.82. The minimum atomic E-state index is 0.143. The largest absolute Gasteiger partial charge is 0.399 e. The van der Waals surface area contributed by atoms with Crippen LogP contribution in [-0.4, -0.2) is 12.5 Å². The molecular formula is C11H14N2O. The molecule has 0 radical (unpaired) electrons. The average Bonchev–Trinajstić information content (AvgIpc) is 2.57. The van der Waals surface area contributed by atoms with Gasteiger partial charge in [0.25, 0.3) is 0 Å². The van der Waals surface area contributed by atoms with Gasteiger partial charge in [0.05, 0.1) is 0 Å². The summed E-state index contributed by atoms with van der Waals surface area (Å²) >= 11 is 0. The number of aryl methyl sites for hydroxylation is 1. The Morgan fingerprint density at radius 2 is 2.29 bits per heavy atom. The number of hydrogen-bond donors (Lipinski definition) is 2. The topological polar surface area (TPSA) is 55.1 Å². The lowest BCUT2D eigenvalue weighted by atomic mass is 9.96. The molecule has 0 aromatic heterocycles. The highest BCUT2D eigenvalue weighted by Gasteiger charge is 2.22. The Kier molecular flexibility index (Phi) is 2.15. The van der Waals surface area contributed by atoms with Gasteiger partial charge in [0.15, 0.2) is 0 Å². The quantitative estimate of drug-likeness (QED) is 0.653. The first-order valence-corrected chi connectivity index (χ1v) is 4.79. The Labute approximate surface area is 83.3 Å². The second kappa shape index (κ2) is 3.33. The lowest BCUT2D eigenvalue weighted by molar-refractivity contribution is -0.119. The van der Waals surface area contributed by atoms with Gasteiger partial charge in [-0.15, -0.1) is 0 Å². The minimum Gasteiger partial charge on any atom is -0.399 e. The van der Waals surface area contributed by atoms with Crippen LogP contribution in [0, 0.1) is 6.92 Å². The maximum absolute atomic E-state index is 11.0. The van der Waals surface area contributed by atoms with E-state index >= 15 is 0 Å². The number of nitrogen functional groups attached to an aromatic ring is 1. The molecule has 1 fully saturated rings. The van der Waals surface area contributed by atoms with Gasteiger partial charge >= 0.3 is 0 Å². The van der Waals surface area contributed by atoms with Crippen molar-refractivity contribution in [3.05, 3.63) is 29.3 Å². The maximum atomic E-state index is 11.0. The summed E-state index contributed by atoms with van der Waals surface area (Å²) in [6.45, 7) is 2.74. The van der Waals surface area contributed by atoms with Crippen LogP contribution in [-0.2, 0) is 4.79 Å². The molecule has 0 spiro atoms. The number of benzene rings is 1. The van der Waals surface area contributed by atoms with Crippen LogP contribution in [0.3, 0.4) is 0 Å². The average molecular weight is 190 g/mol. The molecule has 74 valence electrons. The molecule has 1 saturated heterocycles. The molecule has 1 aliphatic heterocycles. The molecule has 0 unspecified atom stereocenters. The molecule has 1 aromatic rings. The molecule has 1 aliphatic rings. The van der Waals surface area contributed by atoms with Crippen LogP contribution in [0.4, 0.5) is 5.69 Å². The van der Waals surface area contributed by atoms with E-state index in [4.69, 9.17) is 5.73 Å². The molecule has 2 rings (SSSR count). The summed E-state index contributed by atoms with van der Waals surface area (Å²) < 4.78 is 0. The van der Waals surface area contributed by atoms with E-state index in [0.29, 0.717) is 12.3 Å². The van der Waals surface area contributed by atoms with Gasteiger partial charge in [-0.3, -0.25) is 4.79 Å². The first-order chi connectivity index (χ1) is 6.66. The molecule has 1 aromatic carbocycles. The second-order valence-corrected chi connectivity index (χ2v) is 3.82. The Hall–Kier alpha value is -1.51. The van der Waals surface area contributed by atoms with E-state index in [1.54, 1.807) is 0 Å². The number of anilines is 1. The summed E-state index contributed by atoms with van der Waals surface area (Å²) in [7, 11) is 0. The molecule has 14 heavy (non-hydrogen) atoms. The zero-order valence-electron chi connectivity index (χ0n) is 8.21. The normalized spacial score (nSPS) is 20.9. The van der Waals surface area contributed by atoms with E-state index in [0.717, 1.165) is 17.8 Å². The number of hydrogen-bond acceptors (Lipinski definition) is 2. The highest BCUT2D eigenvalue weighted by molar-refractivity contribution is 5.79. The smallest absolute Gasteiger partial charge is 0.220 e. The fourth-order valence-electron chi connectivity index (χ4n) is 1.79. The van der Waals surface area contributed by atoms with Gasteiger partial charge in [-0.2, -0.15) is 0 Å². The molecule has 0 aliphatic carbocycles. The van der Waals surface area contributed by atoms with Gasteiger partial charge < -0.3 is 11.1 Å². The minimum absolute atomic E-state index is 0.143. The van der Waals surface area contributed by atoms with E-state index in [1.165, 1.54) is 5.56 Å². The van der Waals surface area contributed by atoms with Crippen molar-refractivity contribution < 1.29 is 4.79 Å². The van der Waals surface area contributed by atoms with Gasteiger partial charge in [-0.25, -0.2) is 0 Å². The van der Waals surface area contributed by atoms with Crippen LogP contribution in [0.2, 0.25) is 0 Å². The van der Waals surface area contributed by atoms with E-state index in [9.17, 15) is 4.79 Å². The summed E-state index contributed by atoms with van der Waals surface area (Å²) in [6, 6.07) is 5.99. The van der Waals surface area contributed by atoms with Crippen molar-refractivity contribution in [3.63, 3.8) is 0 Å². The monoisotopic (exact) mass is 190 g/mol. The maximum Gasteiger partial charge on any atom is 0.220 e. The van der Waals surface area contributed by atoms with Crippen molar-refractivity contribution in [2.75, 3.05) is 12.3 Å². The Balaban J connectivity index is 2.24. The summed E-state index contributed by atoms with van der Waals surface area (Å²) in [5, 5.41) is 2.83. The van der Waals surface area contributed by atoms with Crippen LogP contribution < -0.4 is 11.1 Å². The third kappa shape index (κ3) is 1.58. The molecule has 1 atom stereocenters. The van der Waals surface area contributed by atoms with E-state index in [2.05, 4.69) is 11.4 Å². The molecule has 1 amide bonds. The third-order valence-electron chi connectivity index (χ3n) is 2.74. The fourth-order valence-corrected chi connectivity index (χ4v) is 1.79. The molecule has 3 N–H and O–H groups in total. The van der Waals surface area contributed by atoms with Gasteiger partial charge in [0.1, 0.15) is 0 Å². The van der Waals surface area contributed by atoms with Crippen LogP contribution in [0.1, 0.15) is 23.5 Å².